The number of nitrogens with zero attached hydrogens (tertiary/aromatic N) is 3. The first kappa shape index (κ1) is 27.1. The molecule has 1 aromatic carbocycles. The molecule has 0 spiro atoms. The minimum absolute atomic E-state index is 0.0754. The van der Waals surface area contributed by atoms with Crippen molar-refractivity contribution in [3.63, 3.8) is 0 Å². The molecule has 2 aliphatic rings. The van der Waals surface area contributed by atoms with E-state index in [2.05, 4.69) is 22.6 Å². The van der Waals surface area contributed by atoms with E-state index in [0.29, 0.717) is 37.4 Å². The summed E-state index contributed by atoms with van der Waals surface area (Å²) >= 11 is 0. The minimum Gasteiger partial charge on any atom is -0.493 e. The first-order chi connectivity index (χ1) is 19.0. The van der Waals surface area contributed by atoms with Crippen molar-refractivity contribution in [1.29, 1.82) is 0 Å². The Kier molecular flexibility index (Phi) is 8.73. The number of benzene rings is 1. The van der Waals surface area contributed by atoms with Crippen molar-refractivity contribution in [3.05, 3.63) is 59.2 Å². The Labute approximate surface area is 227 Å². The summed E-state index contributed by atoms with van der Waals surface area (Å²) in [4.78, 5) is 19.0. The molecule has 0 amide bonds. The number of pyridine rings is 1. The average Bonchev–Trinajstić information content (AvgIpc) is 3.63. The van der Waals surface area contributed by atoms with Crippen molar-refractivity contribution in [2.24, 2.45) is 0 Å². The molecule has 208 valence electrons. The summed E-state index contributed by atoms with van der Waals surface area (Å²) in [5.41, 5.74) is 3.07. The van der Waals surface area contributed by atoms with Crippen LogP contribution in [0.15, 0.2) is 41.1 Å². The van der Waals surface area contributed by atoms with Crippen LogP contribution in [0.5, 0.6) is 5.75 Å². The molecule has 5 rings (SSSR count). The van der Waals surface area contributed by atoms with Crippen LogP contribution < -0.4 is 10.1 Å². The third kappa shape index (κ3) is 6.39. The molecule has 0 bridgehead atoms. The van der Waals surface area contributed by atoms with Crippen LogP contribution in [0, 0.1) is 5.82 Å². The Hall–Kier alpha value is -3.50. The second kappa shape index (κ2) is 12.6. The number of carboxylic acids is 1. The molecule has 39 heavy (non-hydrogen) atoms. The topological polar surface area (TPSA) is 110 Å². The number of nitrogens with one attached hydrogen (secondary N) is 1. The summed E-state index contributed by atoms with van der Waals surface area (Å²) in [7, 11) is 1.34. The zero-order chi connectivity index (χ0) is 27.2. The summed E-state index contributed by atoms with van der Waals surface area (Å²) in [6.07, 6.45) is 8.29. The number of unbranched alkanes of at least 4 members (excludes halogenated alkanes) is 2. The highest BCUT2D eigenvalue weighted by Gasteiger charge is 2.37. The molecule has 3 aromatic rings. The van der Waals surface area contributed by atoms with Crippen molar-refractivity contribution in [3.8, 4) is 17.1 Å². The van der Waals surface area contributed by atoms with E-state index in [1.165, 1.54) is 24.9 Å². The highest BCUT2D eigenvalue weighted by Crippen LogP contribution is 2.37. The first-order valence-electron chi connectivity index (χ1n) is 13.6. The predicted molar refractivity (Wildman–Crippen MR) is 143 cm³/mol. The van der Waals surface area contributed by atoms with Crippen LogP contribution >= 0.6 is 0 Å². The second-order valence-electron chi connectivity index (χ2n) is 10.1. The molecule has 0 radical (unpaired) electrons. The van der Waals surface area contributed by atoms with E-state index in [0.717, 1.165) is 56.6 Å². The molecule has 2 atom stereocenters. The molecule has 4 heterocycles. The number of aromatic nitrogens is 2. The lowest BCUT2D eigenvalue weighted by molar-refractivity contribution is -0.143. The van der Waals surface area contributed by atoms with Gasteiger partial charge in [0, 0.05) is 49.1 Å². The third-order valence-corrected chi connectivity index (χ3v) is 7.45. The number of hydrogen-bond donors (Lipinski definition) is 2. The lowest BCUT2D eigenvalue weighted by atomic mass is 9.99. The molecular formula is C29H35FN4O5. The van der Waals surface area contributed by atoms with Crippen LogP contribution in [-0.2, 0) is 22.4 Å². The Bertz CT molecular complexity index is 1270. The molecule has 10 heteroatoms. The predicted octanol–water partition coefficient (Wildman–Crippen LogP) is 4.87. The highest BCUT2D eigenvalue weighted by molar-refractivity contribution is 5.78. The van der Waals surface area contributed by atoms with Crippen LogP contribution in [0.4, 0.5) is 10.2 Å². The van der Waals surface area contributed by atoms with Gasteiger partial charge in [-0.25, -0.2) is 9.37 Å². The fraction of sp³-hybridized carbons (Fsp3) is 0.483. The molecule has 2 N–H and O–H groups in total. The molecule has 2 aliphatic heterocycles. The van der Waals surface area contributed by atoms with E-state index in [9.17, 15) is 14.3 Å². The number of carboxylic acid groups (broad SMARTS) is 1. The number of methoxy groups -OCH3 is 1. The van der Waals surface area contributed by atoms with Crippen molar-refractivity contribution in [2.75, 3.05) is 38.7 Å². The first-order valence-corrected chi connectivity index (χ1v) is 13.6. The molecular weight excluding hydrogens is 503 g/mol. The maximum atomic E-state index is 14.9. The molecule has 0 aliphatic carbocycles. The lowest BCUT2D eigenvalue weighted by Gasteiger charge is -2.26. The number of carbonyl (C=O) groups is 1. The van der Waals surface area contributed by atoms with Gasteiger partial charge < -0.3 is 24.4 Å². The van der Waals surface area contributed by atoms with Gasteiger partial charge in [0.2, 0.25) is 0 Å². The number of likely N-dealkylation sites (tertiary alicyclic amines) is 1. The SMILES string of the molecule is COc1c(F)cc(-c2ccno2)cc1[C@@H](C(=O)O)N1CC[C@@H](OCCCCCc2ccc3c(n2)NCCC3)C1. The Morgan fingerprint density at radius 1 is 1.28 bits per heavy atom. The van der Waals surface area contributed by atoms with Crippen molar-refractivity contribution in [1.82, 2.24) is 15.0 Å². The zero-order valence-electron chi connectivity index (χ0n) is 22.2. The fourth-order valence-corrected chi connectivity index (χ4v) is 5.49. The van der Waals surface area contributed by atoms with Gasteiger partial charge in [0.15, 0.2) is 17.3 Å². The summed E-state index contributed by atoms with van der Waals surface area (Å²) < 4.78 is 31.4. The van der Waals surface area contributed by atoms with Crippen LogP contribution in [0.3, 0.4) is 0 Å². The third-order valence-electron chi connectivity index (χ3n) is 7.45. The summed E-state index contributed by atoms with van der Waals surface area (Å²) in [6.45, 7) is 2.58. The van der Waals surface area contributed by atoms with Crippen molar-refractivity contribution in [2.45, 2.75) is 57.1 Å². The van der Waals surface area contributed by atoms with E-state index < -0.39 is 17.8 Å². The van der Waals surface area contributed by atoms with Gasteiger partial charge in [0.05, 0.1) is 19.4 Å². The van der Waals surface area contributed by atoms with Gasteiger partial charge in [-0.1, -0.05) is 17.6 Å². The fourth-order valence-electron chi connectivity index (χ4n) is 5.49. The quantitative estimate of drug-likeness (QED) is 0.312. The largest absolute Gasteiger partial charge is 0.493 e. The standard InChI is InChI=1S/C29H35FN4O5/c1-37-27-23(16-20(17-24(27)30)25-10-13-32-39-25)26(29(35)36)34-14-11-22(18-34)38-15-4-2-3-7-21-9-8-19-6-5-12-31-28(19)33-21/h8-10,13,16-17,22,26H,2-7,11-12,14-15,18H2,1H3,(H,31,33)(H,35,36)/t22-,26+/m1/s1. The maximum Gasteiger partial charge on any atom is 0.325 e. The van der Waals surface area contributed by atoms with E-state index in [-0.39, 0.29) is 17.4 Å². The molecule has 2 aromatic heterocycles. The lowest BCUT2D eigenvalue weighted by Crippen LogP contribution is -2.34. The number of aliphatic carboxylic acids is 1. The summed E-state index contributed by atoms with van der Waals surface area (Å²) in [5, 5.41) is 17.2. The number of anilines is 1. The van der Waals surface area contributed by atoms with Crippen molar-refractivity contribution < 1.29 is 28.3 Å². The van der Waals surface area contributed by atoms with Gasteiger partial charge in [0.25, 0.3) is 0 Å². The number of hydrogen-bond acceptors (Lipinski definition) is 8. The molecule has 1 saturated heterocycles. The van der Waals surface area contributed by atoms with E-state index in [1.807, 2.05) is 4.90 Å². The Morgan fingerprint density at radius 2 is 2.18 bits per heavy atom. The summed E-state index contributed by atoms with van der Waals surface area (Å²) in [6, 6.07) is 7.71. The average molecular weight is 539 g/mol. The van der Waals surface area contributed by atoms with E-state index in [4.69, 9.17) is 19.0 Å². The van der Waals surface area contributed by atoms with E-state index in [1.54, 1.807) is 12.1 Å². The smallest absolute Gasteiger partial charge is 0.325 e. The minimum atomic E-state index is -1.08. The van der Waals surface area contributed by atoms with Gasteiger partial charge in [0.1, 0.15) is 11.9 Å². The van der Waals surface area contributed by atoms with Crippen LogP contribution in [0.25, 0.3) is 11.3 Å². The number of aryl methyl sites for hydroxylation is 2. The molecule has 1 fully saturated rings. The number of halogens is 1. The Balaban J connectivity index is 1.13. The monoisotopic (exact) mass is 538 g/mol. The van der Waals surface area contributed by atoms with Crippen LogP contribution in [0.2, 0.25) is 0 Å². The highest BCUT2D eigenvalue weighted by atomic mass is 19.1. The second-order valence-corrected chi connectivity index (χ2v) is 10.1. The van der Waals surface area contributed by atoms with Crippen LogP contribution in [0.1, 0.15) is 55.0 Å². The Morgan fingerprint density at radius 3 is 2.97 bits per heavy atom. The normalized spacial score (nSPS) is 17.9. The zero-order valence-corrected chi connectivity index (χ0v) is 22.2. The van der Waals surface area contributed by atoms with Gasteiger partial charge in [-0.15, -0.1) is 0 Å². The van der Waals surface area contributed by atoms with Gasteiger partial charge >= 0.3 is 5.97 Å². The summed E-state index contributed by atoms with van der Waals surface area (Å²) in [5.74, 6) is -0.420. The maximum absolute atomic E-state index is 14.9. The van der Waals surface area contributed by atoms with E-state index >= 15 is 0 Å². The molecule has 9 nitrogen and oxygen atoms in total. The number of ether oxygens (including phenoxy) is 2. The van der Waals surface area contributed by atoms with Crippen molar-refractivity contribution >= 4 is 11.8 Å². The molecule has 0 saturated carbocycles. The van der Waals surface area contributed by atoms with Gasteiger partial charge in [-0.05, 0) is 62.3 Å². The number of rotatable bonds is 12. The van der Waals surface area contributed by atoms with Gasteiger partial charge in [-0.2, -0.15) is 0 Å². The number of fused-ring (bicyclic) bond motifs is 1. The molecule has 0 unspecified atom stereocenters. The van der Waals surface area contributed by atoms with Gasteiger partial charge in [-0.3, -0.25) is 9.69 Å². The van der Waals surface area contributed by atoms with Crippen LogP contribution in [-0.4, -0.2) is 65.6 Å².